The molecule has 1 atom stereocenters. The number of rotatable bonds is 6. The van der Waals surface area contributed by atoms with Gasteiger partial charge in [0.1, 0.15) is 0 Å². The standard InChI is InChI=1S/C25H19IN2O4/c26-19-11-15-20(16-12-19)27-23(18-9-13-21(14-10-18)28(31)32)22(24(29)25(27)30)8-4-7-17-5-2-1-3-6-17/h1-7,9-16,23,29H,8H2/b7-4+. The van der Waals surface area contributed by atoms with Crippen LogP contribution in [0.25, 0.3) is 6.08 Å². The minimum atomic E-state index is -0.566. The van der Waals surface area contributed by atoms with Crippen molar-refractivity contribution in [2.75, 3.05) is 4.90 Å². The van der Waals surface area contributed by atoms with E-state index in [1.54, 1.807) is 12.1 Å². The number of nitrogens with zero attached hydrogens (tertiary/aromatic N) is 2. The summed E-state index contributed by atoms with van der Waals surface area (Å²) >= 11 is 2.19. The van der Waals surface area contributed by atoms with Gasteiger partial charge in [-0.1, -0.05) is 42.5 Å². The lowest BCUT2D eigenvalue weighted by atomic mass is 9.96. The van der Waals surface area contributed by atoms with Crippen LogP contribution in [0.4, 0.5) is 11.4 Å². The summed E-state index contributed by atoms with van der Waals surface area (Å²) in [6, 6.07) is 22.7. The molecule has 0 bridgehead atoms. The fourth-order valence-corrected chi connectivity index (χ4v) is 4.10. The van der Waals surface area contributed by atoms with Crippen LogP contribution < -0.4 is 4.90 Å². The van der Waals surface area contributed by atoms with Crippen molar-refractivity contribution in [3.05, 3.63) is 121 Å². The van der Waals surface area contributed by atoms with Gasteiger partial charge < -0.3 is 5.11 Å². The first-order valence-corrected chi connectivity index (χ1v) is 11.0. The Labute approximate surface area is 198 Å². The molecule has 0 aromatic heterocycles. The monoisotopic (exact) mass is 538 g/mol. The summed E-state index contributed by atoms with van der Waals surface area (Å²) < 4.78 is 1.02. The van der Waals surface area contributed by atoms with Crippen molar-refractivity contribution >= 4 is 45.9 Å². The highest BCUT2D eigenvalue weighted by molar-refractivity contribution is 14.1. The molecule has 1 N–H and O–H groups in total. The molecule has 160 valence electrons. The number of aliphatic hydroxyl groups excluding tert-OH is 1. The SMILES string of the molecule is O=C1C(O)=C(C/C=C/c2ccccc2)C(c2ccc([N+](=O)[O-])cc2)N1c1ccc(I)cc1. The van der Waals surface area contributed by atoms with E-state index in [1.165, 1.54) is 17.0 Å². The maximum Gasteiger partial charge on any atom is 0.293 e. The Bertz CT molecular complexity index is 1200. The first-order valence-electron chi connectivity index (χ1n) is 9.93. The van der Waals surface area contributed by atoms with E-state index in [0.717, 1.165) is 9.13 Å². The molecule has 0 fully saturated rings. The van der Waals surface area contributed by atoms with Gasteiger partial charge in [0.15, 0.2) is 5.76 Å². The van der Waals surface area contributed by atoms with E-state index < -0.39 is 16.9 Å². The van der Waals surface area contributed by atoms with Crippen LogP contribution in [0, 0.1) is 13.7 Å². The number of hydrogen-bond donors (Lipinski definition) is 1. The van der Waals surface area contributed by atoms with Crippen LogP contribution >= 0.6 is 22.6 Å². The number of nitro groups is 1. The lowest BCUT2D eigenvalue weighted by Crippen LogP contribution is -2.30. The molecule has 3 aromatic rings. The zero-order valence-electron chi connectivity index (χ0n) is 16.9. The molecule has 0 aliphatic carbocycles. The van der Waals surface area contributed by atoms with Crippen LogP contribution in [0.15, 0.2) is 96.3 Å². The number of carbonyl (C=O) groups excluding carboxylic acids is 1. The molecule has 1 heterocycles. The average Bonchev–Trinajstić information content (AvgIpc) is 3.05. The number of amides is 1. The Morgan fingerprint density at radius 3 is 2.28 bits per heavy atom. The number of carbonyl (C=O) groups is 1. The van der Waals surface area contributed by atoms with Gasteiger partial charge >= 0.3 is 0 Å². The fraction of sp³-hybridized carbons (Fsp3) is 0.0800. The number of halogens is 1. The van der Waals surface area contributed by atoms with Crippen molar-refractivity contribution < 1.29 is 14.8 Å². The number of non-ortho nitro benzene ring substituents is 1. The van der Waals surface area contributed by atoms with E-state index in [2.05, 4.69) is 22.6 Å². The fourth-order valence-electron chi connectivity index (χ4n) is 3.75. The number of hydrogen-bond acceptors (Lipinski definition) is 4. The van der Waals surface area contributed by atoms with E-state index in [4.69, 9.17) is 0 Å². The number of anilines is 1. The minimum absolute atomic E-state index is 0.0300. The topological polar surface area (TPSA) is 83.7 Å². The summed E-state index contributed by atoms with van der Waals surface area (Å²) in [5, 5.41) is 21.8. The normalized spacial score (nSPS) is 16.2. The molecule has 3 aromatic carbocycles. The van der Waals surface area contributed by atoms with Gasteiger partial charge in [0.05, 0.1) is 11.0 Å². The van der Waals surface area contributed by atoms with Crippen molar-refractivity contribution in [2.45, 2.75) is 12.5 Å². The quantitative estimate of drug-likeness (QED) is 0.230. The average molecular weight is 538 g/mol. The van der Waals surface area contributed by atoms with Crippen molar-refractivity contribution in [3.63, 3.8) is 0 Å². The van der Waals surface area contributed by atoms with E-state index in [-0.39, 0.29) is 11.4 Å². The van der Waals surface area contributed by atoms with Gasteiger partial charge in [-0.15, -0.1) is 0 Å². The van der Waals surface area contributed by atoms with Crippen molar-refractivity contribution in [1.82, 2.24) is 0 Å². The predicted octanol–water partition coefficient (Wildman–Crippen LogP) is 6.20. The number of aliphatic hydroxyl groups is 1. The van der Waals surface area contributed by atoms with Crippen LogP contribution in [-0.2, 0) is 4.79 Å². The van der Waals surface area contributed by atoms with Crippen LogP contribution in [0.3, 0.4) is 0 Å². The second kappa shape index (κ2) is 9.35. The van der Waals surface area contributed by atoms with Gasteiger partial charge in [-0.25, -0.2) is 0 Å². The third kappa shape index (κ3) is 4.43. The molecule has 0 spiro atoms. The molecule has 1 amide bonds. The smallest absolute Gasteiger partial charge is 0.293 e. The van der Waals surface area contributed by atoms with Gasteiger partial charge in [-0.2, -0.15) is 0 Å². The summed E-state index contributed by atoms with van der Waals surface area (Å²) in [7, 11) is 0. The van der Waals surface area contributed by atoms with E-state index in [9.17, 15) is 20.0 Å². The van der Waals surface area contributed by atoms with Crippen LogP contribution in [0.2, 0.25) is 0 Å². The highest BCUT2D eigenvalue weighted by atomic mass is 127. The molecule has 7 heteroatoms. The molecule has 0 radical (unpaired) electrons. The predicted molar refractivity (Wildman–Crippen MR) is 132 cm³/mol. The maximum atomic E-state index is 13.1. The van der Waals surface area contributed by atoms with Gasteiger partial charge in [0.2, 0.25) is 0 Å². The molecular weight excluding hydrogens is 519 g/mol. The molecule has 1 aliphatic heterocycles. The van der Waals surface area contributed by atoms with E-state index in [0.29, 0.717) is 23.2 Å². The summed E-state index contributed by atoms with van der Waals surface area (Å²) in [6.07, 6.45) is 4.20. The van der Waals surface area contributed by atoms with Gasteiger partial charge in [0.25, 0.3) is 11.6 Å². The molecule has 6 nitrogen and oxygen atoms in total. The van der Waals surface area contributed by atoms with Crippen molar-refractivity contribution in [3.8, 4) is 0 Å². The lowest BCUT2D eigenvalue weighted by Gasteiger charge is -2.27. The van der Waals surface area contributed by atoms with E-state index >= 15 is 0 Å². The Morgan fingerprint density at radius 1 is 1.00 bits per heavy atom. The zero-order chi connectivity index (χ0) is 22.7. The zero-order valence-corrected chi connectivity index (χ0v) is 19.0. The highest BCUT2D eigenvalue weighted by Gasteiger charge is 2.40. The van der Waals surface area contributed by atoms with Gasteiger partial charge in [-0.05, 0) is 76.5 Å². The second-order valence-corrected chi connectivity index (χ2v) is 8.54. The third-order valence-corrected chi connectivity index (χ3v) is 6.01. The molecule has 0 saturated carbocycles. The Morgan fingerprint density at radius 2 is 1.66 bits per heavy atom. The molecular formula is C25H19IN2O4. The Kier molecular flexibility index (Phi) is 6.36. The first-order chi connectivity index (χ1) is 15.5. The lowest BCUT2D eigenvalue weighted by molar-refractivity contribution is -0.384. The van der Waals surface area contributed by atoms with E-state index in [1.807, 2.05) is 66.7 Å². The third-order valence-electron chi connectivity index (χ3n) is 5.29. The largest absolute Gasteiger partial charge is 0.503 e. The van der Waals surface area contributed by atoms with Gasteiger partial charge in [0, 0.05) is 27.0 Å². The second-order valence-electron chi connectivity index (χ2n) is 7.29. The van der Waals surface area contributed by atoms with Crippen LogP contribution in [0.1, 0.15) is 23.6 Å². The Balaban J connectivity index is 1.73. The summed E-state index contributed by atoms with van der Waals surface area (Å²) in [4.78, 5) is 25.2. The summed E-state index contributed by atoms with van der Waals surface area (Å²) in [5.74, 6) is -0.776. The number of benzene rings is 3. The van der Waals surface area contributed by atoms with Crippen LogP contribution in [-0.4, -0.2) is 15.9 Å². The molecule has 32 heavy (non-hydrogen) atoms. The number of nitro benzene ring substituents is 1. The maximum absolute atomic E-state index is 13.1. The highest BCUT2D eigenvalue weighted by Crippen LogP contribution is 2.42. The van der Waals surface area contributed by atoms with Crippen molar-refractivity contribution in [2.24, 2.45) is 0 Å². The summed E-state index contributed by atoms with van der Waals surface area (Å²) in [6.45, 7) is 0. The molecule has 1 unspecified atom stereocenters. The Hall–Kier alpha value is -3.46. The van der Waals surface area contributed by atoms with Crippen LogP contribution in [0.5, 0.6) is 0 Å². The van der Waals surface area contributed by atoms with Gasteiger partial charge in [-0.3, -0.25) is 19.8 Å². The minimum Gasteiger partial charge on any atom is -0.503 e. The molecule has 4 rings (SSSR count). The summed E-state index contributed by atoms with van der Waals surface area (Å²) in [5.41, 5.74) is 2.87. The van der Waals surface area contributed by atoms with Crippen molar-refractivity contribution in [1.29, 1.82) is 0 Å². The number of allylic oxidation sites excluding steroid dienone is 1. The molecule has 1 aliphatic rings. The first kappa shape index (κ1) is 21.8. The molecule has 0 saturated heterocycles.